The zero-order valence-corrected chi connectivity index (χ0v) is 10.2. The molecule has 15 heavy (non-hydrogen) atoms. The molecule has 1 unspecified atom stereocenters. The maximum Gasteiger partial charge on any atom is 0.246 e. The van der Waals surface area contributed by atoms with Crippen molar-refractivity contribution in [3.05, 3.63) is 34.3 Å². The molecular formula is C11H14BrNO2. The molecule has 0 heterocycles. The van der Waals surface area contributed by atoms with Gasteiger partial charge in [0.15, 0.2) is 0 Å². The van der Waals surface area contributed by atoms with Gasteiger partial charge in [0.05, 0.1) is 6.61 Å². The lowest BCUT2D eigenvalue weighted by Crippen LogP contribution is -2.30. The van der Waals surface area contributed by atoms with Crippen molar-refractivity contribution in [2.24, 2.45) is 5.73 Å². The van der Waals surface area contributed by atoms with Crippen LogP contribution in [0.5, 0.6) is 0 Å². The molecule has 3 nitrogen and oxygen atoms in total. The van der Waals surface area contributed by atoms with E-state index in [1.807, 2.05) is 31.2 Å². The fraction of sp³-hybridized carbons (Fsp3) is 0.364. The van der Waals surface area contributed by atoms with E-state index in [1.54, 1.807) is 0 Å². The molecule has 2 N–H and O–H groups in total. The molecule has 0 bridgehead atoms. The van der Waals surface area contributed by atoms with Gasteiger partial charge in [0.2, 0.25) is 5.91 Å². The summed E-state index contributed by atoms with van der Waals surface area (Å²) in [7, 11) is 0. The third-order valence-electron chi connectivity index (χ3n) is 2.09. The van der Waals surface area contributed by atoms with Crippen LogP contribution in [0.2, 0.25) is 0 Å². The highest BCUT2D eigenvalue weighted by atomic mass is 79.9. The third-order valence-corrected chi connectivity index (χ3v) is 2.86. The summed E-state index contributed by atoms with van der Waals surface area (Å²) in [6.07, 6.45) is 0.0943. The SMILES string of the molecule is CCC(OCc1ccccc1Br)C(N)=O. The Hall–Kier alpha value is -0.870. The summed E-state index contributed by atoms with van der Waals surface area (Å²) in [5.41, 5.74) is 6.19. The molecule has 82 valence electrons. The third kappa shape index (κ3) is 3.64. The molecule has 0 aliphatic carbocycles. The molecule has 1 aromatic rings. The van der Waals surface area contributed by atoms with Crippen LogP contribution in [0.4, 0.5) is 0 Å². The van der Waals surface area contributed by atoms with Crippen LogP contribution in [0.1, 0.15) is 18.9 Å². The lowest BCUT2D eigenvalue weighted by atomic mass is 10.2. The fourth-order valence-corrected chi connectivity index (χ4v) is 1.61. The minimum Gasteiger partial charge on any atom is -0.367 e. The molecule has 0 saturated heterocycles. The molecule has 0 fully saturated rings. The van der Waals surface area contributed by atoms with Crippen molar-refractivity contribution in [2.75, 3.05) is 0 Å². The number of ether oxygens (including phenoxy) is 1. The summed E-state index contributed by atoms with van der Waals surface area (Å²) in [6.45, 7) is 2.26. The maximum atomic E-state index is 10.9. The van der Waals surface area contributed by atoms with E-state index in [0.29, 0.717) is 13.0 Å². The van der Waals surface area contributed by atoms with Gasteiger partial charge in [-0.1, -0.05) is 41.1 Å². The highest BCUT2D eigenvalue weighted by Gasteiger charge is 2.13. The molecule has 1 aromatic carbocycles. The van der Waals surface area contributed by atoms with E-state index in [4.69, 9.17) is 10.5 Å². The molecule has 0 radical (unpaired) electrons. The van der Waals surface area contributed by atoms with Crippen LogP contribution >= 0.6 is 15.9 Å². The van der Waals surface area contributed by atoms with Gasteiger partial charge in [-0.3, -0.25) is 4.79 Å². The number of carbonyl (C=O) groups excluding carboxylic acids is 1. The molecular weight excluding hydrogens is 258 g/mol. The highest BCUT2D eigenvalue weighted by molar-refractivity contribution is 9.10. The monoisotopic (exact) mass is 271 g/mol. The van der Waals surface area contributed by atoms with Crippen LogP contribution in [0.15, 0.2) is 28.7 Å². The summed E-state index contributed by atoms with van der Waals surface area (Å²) >= 11 is 3.41. The second-order valence-corrected chi connectivity index (χ2v) is 4.06. The van der Waals surface area contributed by atoms with Gasteiger partial charge < -0.3 is 10.5 Å². The van der Waals surface area contributed by atoms with Crippen molar-refractivity contribution >= 4 is 21.8 Å². The Kier molecular flexibility index (Phi) is 4.78. The largest absolute Gasteiger partial charge is 0.367 e. The number of primary amides is 1. The van der Waals surface area contributed by atoms with Crippen molar-refractivity contribution in [3.8, 4) is 0 Å². The van der Waals surface area contributed by atoms with E-state index in [-0.39, 0.29) is 0 Å². The van der Waals surface area contributed by atoms with E-state index in [0.717, 1.165) is 10.0 Å². The summed E-state index contributed by atoms with van der Waals surface area (Å²) in [4.78, 5) is 10.9. The van der Waals surface area contributed by atoms with Crippen LogP contribution in [0.25, 0.3) is 0 Å². The van der Waals surface area contributed by atoms with Crippen molar-refractivity contribution in [1.82, 2.24) is 0 Å². The Morgan fingerprint density at radius 1 is 1.53 bits per heavy atom. The van der Waals surface area contributed by atoms with Gasteiger partial charge in [-0.2, -0.15) is 0 Å². The Morgan fingerprint density at radius 3 is 2.73 bits per heavy atom. The first kappa shape index (κ1) is 12.2. The number of nitrogens with two attached hydrogens (primary N) is 1. The van der Waals surface area contributed by atoms with Gasteiger partial charge in [0, 0.05) is 4.47 Å². The molecule has 4 heteroatoms. The molecule has 1 rings (SSSR count). The van der Waals surface area contributed by atoms with Crippen molar-refractivity contribution < 1.29 is 9.53 Å². The topological polar surface area (TPSA) is 52.3 Å². The van der Waals surface area contributed by atoms with Gasteiger partial charge in [-0.15, -0.1) is 0 Å². The molecule has 0 saturated carbocycles. The van der Waals surface area contributed by atoms with Crippen LogP contribution in [0, 0.1) is 0 Å². The van der Waals surface area contributed by atoms with Crippen molar-refractivity contribution in [3.63, 3.8) is 0 Å². The molecule has 0 spiro atoms. The van der Waals surface area contributed by atoms with Gasteiger partial charge in [0.25, 0.3) is 0 Å². The average Bonchev–Trinajstić information content (AvgIpc) is 2.21. The first-order valence-corrected chi connectivity index (χ1v) is 5.58. The van der Waals surface area contributed by atoms with Gasteiger partial charge in [-0.25, -0.2) is 0 Å². The van der Waals surface area contributed by atoms with Gasteiger partial charge >= 0.3 is 0 Å². The summed E-state index contributed by atoms with van der Waals surface area (Å²) in [6, 6.07) is 7.73. The quantitative estimate of drug-likeness (QED) is 0.893. The molecule has 0 aliphatic heterocycles. The number of rotatable bonds is 5. The molecule has 1 atom stereocenters. The van der Waals surface area contributed by atoms with Crippen molar-refractivity contribution in [2.45, 2.75) is 26.1 Å². The lowest BCUT2D eigenvalue weighted by Gasteiger charge is -2.12. The average molecular weight is 272 g/mol. The zero-order valence-electron chi connectivity index (χ0n) is 8.57. The minimum atomic E-state index is -0.503. The second kappa shape index (κ2) is 5.88. The minimum absolute atomic E-state index is 0.392. The predicted octanol–water partition coefficient (Wildman–Crippen LogP) is 2.23. The second-order valence-electron chi connectivity index (χ2n) is 3.20. The van der Waals surface area contributed by atoms with Crippen LogP contribution < -0.4 is 5.73 Å². The standard InChI is InChI=1S/C11H14BrNO2/c1-2-10(11(13)14)15-7-8-5-3-4-6-9(8)12/h3-6,10H,2,7H2,1H3,(H2,13,14). The van der Waals surface area contributed by atoms with Gasteiger partial charge in [0.1, 0.15) is 6.10 Å². The Morgan fingerprint density at radius 2 is 2.20 bits per heavy atom. The number of amides is 1. The first-order chi connectivity index (χ1) is 7.15. The highest BCUT2D eigenvalue weighted by Crippen LogP contribution is 2.17. The summed E-state index contributed by atoms with van der Waals surface area (Å²) < 4.78 is 6.39. The predicted molar refractivity (Wildman–Crippen MR) is 62.2 cm³/mol. The summed E-state index contributed by atoms with van der Waals surface area (Å²) in [5.74, 6) is -0.412. The van der Waals surface area contributed by atoms with Crippen LogP contribution in [-0.4, -0.2) is 12.0 Å². The van der Waals surface area contributed by atoms with E-state index >= 15 is 0 Å². The number of benzene rings is 1. The fourth-order valence-electron chi connectivity index (χ4n) is 1.21. The number of halogens is 1. The number of hydrogen-bond acceptors (Lipinski definition) is 2. The maximum absolute atomic E-state index is 10.9. The Bertz CT molecular complexity index is 341. The Balaban J connectivity index is 2.56. The molecule has 1 amide bonds. The molecule has 0 aliphatic rings. The van der Waals surface area contributed by atoms with E-state index in [9.17, 15) is 4.79 Å². The smallest absolute Gasteiger partial charge is 0.246 e. The van der Waals surface area contributed by atoms with Crippen LogP contribution in [0.3, 0.4) is 0 Å². The number of carbonyl (C=O) groups is 1. The van der Waals surface area contributed by atoms with Gasteiger partial charge in [-0.05, 0) is 18.1 Å². The summed E-state index contributed by atoms with van der Waals surface area (Å²) in [5, 5.41) is 0. The van der Waals surface area contributed by atoms with Crippen LogP contribution in [-0.2, 0) is 16.1 Å². The molecule has 0 aromatic heterocycles. The van der Waals surface area contributed by atoms with E-state index in [2.05, 4.69) is 15.9 Å². The van der Waals surface area contributed by atoms with E-state index < -0.39 is 12.0 Å². The normalized spacial score (nSPS) is 12.4. The lowest BCUT2D eigenvalue weighted by molar-refractivity contribution is -0.130. The zero-order chi connectivity index (χ0) is 11.3. The first-order valence-electron chi connectivity index (χ1n) is 4.79. The Labute approximate surface area is 97.7 Å². The van der Waals surface area contributed by atoms with E-state index in [1.165, 1.54) is 0 Å². The number of hydrogen-bond donors (Lipinski definition) is 1. The van der Waals surface area contributed by atoms with Crippen molar-refractivity contribution in [1.29, 1.82) is 0 Å².